The van der Waals surface area contributed by atoms with E-state index in [1.807, 2.05) is 0 Å². The largest absolute Gasteiger partial charge is 0.479 e. The van der Waals surface area contributed by atoms with Crippen LogP contribution in [0.15, 0.2) is 60.8 Å². The number of fused-ring (bicyclic) bond motifs is 1. The maximum atomic E-state index is 10.2. The van der Waals surface area contributed by atoms with E-state index in [4.69, 9.17) is 15.9 Å². The number of carboxylic acids is 1. The second-order valence-corrected chi connectivity index (χ2v) is 6.94. The lowest BCUT2D eigenvalue weighted by Crippen LogP contribution is -2.12. The molecule has 0 fully saturated rings. The number of carbonyl (C=O) groups is 1. The molecule has 0 aliphatic heterocycles. The molecule has 1 heterocycles. The highest BCUT2D eigenvalue weighted by molar-refractivity contribution is 5.84. The summed E-state index contributed by atoms with van der Waals surface area (Å²) in [5.41, 5.74) is 9.06. The predicted molar refractivity (Wildman–Crippen MR) is 113 cm³/mol. The quantitative estimate of drug-likeness (QED) is 0.571. The van der Waals surface area contributed by atoms with Crippen molar-refractivity contribution in [3.63, 3.8) is 0 Å². The summed E-state index contributed by atoms with van der Waals surface area (Å²) in [5, 5.41) is 18.7. The van der Waals surface area contributed by atoms with Crippen LogP contribution in [0.5, 0.6) is 0 Å². The van der Waals surface area contributed by atoms with Crippen molar-refractivity contribution in [2.75, 3.05) is 6.54 Å². The standard InChI is InChI=1S/C15H22N2.C8H8O3/c1-3-4-7-12(10-16)14-11-17(2)15-9-6-5-8-13(14)15;9-7(8(10)11)6-4-2-1-3-5-6/h5-6,8-9,11-12H,3-4,7,10,16H2,1-2H3;1-5,7,9H,(H,10,11). The molecule has 2 unspecified atom stereocenters. The molecule has 5 heteroatoms. The van der Waals surface area contributed by atoms with Gasteiger partial charge in [-0.3, -0.25) is 0 Å². The third kappa shape index (κ3) is 5.44. The predicted octanol–water partition coefficient (Wildman–Crippen LogP) is 4.22. The van der Waals surface area contributed by atoms with E-state index in [9.17, 15) is 4.79 Å². The summed E-state index contributed by atoms with van der Waals surface area (Å²) in [6, 6.07) is 16.8. The molecule has 1 aromatic heterocycles. The number of nitrogens with zero attached hydrogens (tertiary/aromatic N) is 1. The van der Waals surface area contributed by atoms with Gasteiger partial charge >= 0.3 is 5.97 Å². The summed E-state index contributed by atoms with van der Waals surface area (Å²) in [6.45, 7) is 2.98. The molecule has 3 rings (SSSR count). The first kappa shape index (κ1) is 21.7. The molecule has 2 atom stereocenters. The molecule has 2 aromatic carbocycles. The van der Waals surface area contributed by atoms with Gasteiger partial charge in [0.15, 0.2) is 6.10 Å². The van der Waals surface area contributed by atoms with Gasteiger partial charge in [-0.1, -0.05) is 68.3 Å². The minimum atomic E-state index is -1.41. The van der Waals surface area contributed by atoms with Gasteiger partial charge in [0, 0.05) is 24.1 Å². The van der Waals surface area contributed by atoms with Gasteiger partial charge in [0.25, 0.3) is 0 Å². The summed E-state index contributed by atoms with van der Waals surface area (Å²) in [6.07, 6.45) is 4.53. The zero-order valence-corrected chi connectivity index (χ0v) is 16.6. The zero-order chi connectivity index (χ0) is 20.5. The second-order valence-electron chi connectivity index (χ2n) is 6.94. The van der Waals surface area contributed by atoms with Crippen molar-refractivity contribution < 1.29 is 15.0 Å². The van der Waals surface area contributed by atoms with E-state index in [1.165, 1.54) is 35.7 Å². The van der Waals surface area contributed by atoms with Crippen LogP contribution in [-0.2, 0) is 11.8 Å². The highest BCUT2D eigenvalue weighted by Crippen LogP contribution is 2.29. The van der Waals surface area contributed by atoms with E-state index in [1.54, 1.807) is 30.3 Å². The Morgan fingerprint density at radius 3 is 2.36 bits per heavy atom. The zero-order valence-electron chi connectivity index (χ0n) is 16.6. The fourth-order valence-corrected chi connectivity index (χ4v) is 3.33. The summed E-state index contributed by atoms with van der Waals surface area (Å²) in [7, 11) is 2.11. The Morgan fingerprint density at radius 1 is 1.11 bits per heavy atom. The fraction of sp³-hybridized carbons (Fsp3) is 0.348. The van der Waals surface area contributed by atoms with Gasteiger partial charge in [-0.25, -0.2) is 4.79 Å². The third-order valence-electron chi connectivity index (χ3n) is 4.91. The first-order valence-electron chi connectivity index (χ1n) is 9.69. The first-order valence-corrected chi connectivity index (χ1v) is 9.69. The maximum Gasteiger partial charge on any atom is 0.337 e. The van der Waals surface area contributed by atoms with Crippen molar-refractivity contribution in [1.29, 1.82) is 0 Å². The molecular formula is C23H30N2O3. The molecule has 0 amide bonds. The van der Waals surface area contributed by atoms with Crippen LogP contribution in [0.3, 0.4) is 0 Å². The number of para-hydroxylation sites is 1. The summed E-state index contributed by atoms with van der Waals surface area (Å²) in [5.74, 6) is -0.725. The third-order valence-corrected chi connectivity index (χ3v) is 4.91. The van der Waals surface area contributed by atoms with E-state index in [2.05, 4.69) is 49.0 Å². The van der Waals surface area contributed by atoms with Gasteiger partial charge in [0.1, 0.15) is 0 Å². The van der Waals surface area contributed by atoms with E-state index >= 15 is 0 Å². The number of aliphatic hydroxyl groups is 1. The number of aliphatic hydroxyl groups excluding tert-OH is 1. The minimum Gasteiger partial charge on any atom is -0.479 e. The van der Waals surface area contributed by atoms with Crippen LogP contribution >= 0.6 is 0 Å². The molecular weight excluding hydrogens is 352 g/mol. The van der Waals surface area contributed by atoms with Crippen LogP contribution < -0.4 is 5.73 Å². The average molecular weight is 383 g/mol. The molecule has 0 spiro atoms. The number of unbranched alkanes of at least 4 members (excludes halogenated alkanes) is 1. The van der Waals surface area contributed by atoms with Crippen molar-refractivity contribution in [2.24, 2.45) is 12.8 Å². The van der Waals surface area contributed by atoms with Crippen molar-refractivity contribution in [3.05, 3.63) is 71.9 Å². The second kappa shape index (κ2) is 10.6. The molecule has 0 bridgehead atoms. The molecule has 0 saturated carbocycles. The monoisotopic (exact) mass is 382 g/mol. The van der Waals surface area contributed by atoms with Crippen molar-refractivity contribution in [2.45, 2.75) is 38.2 Å². The molecule has 5 nitrogen and oxygen atoms in total. The summed E-state index contributed by atoms with van der Waals surface area (Å²) in [4.78, 5) is 10.2. The first-order chi connectivity index (χ1) is 13.5. The molecule has 28 heavy (non-hydrogen) atoms. The number of rotatable bonds is 7. The number of carboxylic acid groups (broad SMARTS) is 1. The highest BCUT2D eigenvalue weighted by Gasteiger charge is 2.15. The number of aromatic nitrogens is 1. The van der Waals surface area contributed by atoms with Crippen LogP contribution in [0, 0.1) is 0 Å². The molecule has 0 aliphatic rings. The number of aryl methyl sites for hydroxylation is 1. The number of hydrogen-bond donors (Lipinski definition) is 3. The fourth-order valence-electron chi connectivity index (χ4n) is 3.33. The smallest absolute Gasteiger partial charge is 0.337 e. The Balaban J connectivity index is 0.000000221. The van der Waals surface area contributed by atoms with Crippen molar-refractivity contribution >= 4 is 16.9 Å². The molecule has 0 radical (unpaired) electrons. The summed E-state index contributed by atoms with van der Waals surface area (Å²) >= 11 is 0. The Labute approximate surface area is 166 Å². The number of benzene rings is 2. The molecule has 0 aliphatic carbocycles. The SMILES string of the molecule is CCCCC(CN)c1cn(C)c2ccccc12.O=C(O)C(O)c1ccccc1. The van der Waals surface area contributed by atoms with E-state index in [-0.39, 0.29) is 0 Å². The lowest BCUT2D eigenvalue weighted by atomic mass is 9.93. The van der Waals surface area contributed by atoms with Crippen LogP contribution in [0.2, 0.25) is 0 Å². The summed E-state index contributed by atoms with van der Waals surface area (Å²) < 4.78 is 2.21. The van der Waals surface area contributed by atoms with Gasteiger partial charge in [0.05, 0.1) is 0 Å². The normalized spacial score (nSPS) is 12.9. The maximum absolute atomic E-state index is 10.2. The van der Waals surface area contributed by atoms with Crippen molar-refractivity contribution in [3.8, 4) is 0 Å². The molecule has 150 valence electrons. The van der Waals surface area contributed by atoms with Crippen LogP contribution in [0.25, 0.3) is 10.9 Å². The Kier molecular flexibility index (Phi) is 8.23. The highest BCUT2D eigenvalue weighted by atomic mass is 16.4. The van der Waals surface area contributed by atoms with E-state index < -0.39 is 12.1 Å². The average Bonchev–Trinajstić information content (AvgIpc) is 3.06. The van der Waals surface area contributed by atoms with Crippen LogP contribution in [-0.4, -0.2) is 27.3 Å². The Hall–Kier alpha value is -2.63. The van der Waals surface area contributed by atoms with Crippen LogP contribution in [0.1, 0.15) is 49.3 Å². The van der Waals surface area contributed by atoms with E-state index in [0.29, 0.717) is 11.5 Å². The van der Waals surface area contributed by atoms with Gasteiger partial charge in [-0.2, -0.15) is 0 Å². The number of nitrogens with two attached hydrogens (primary N) is 1. The van der Waals surface area contributed by atoms with Gasteiger partial charge in [-0.05, 0) is 36.1 Å². The lowest BCUT2D eigenvalue weighted by Gasteiger charge is -2.13. The Morgan fingerprint density at radius 2 is 1.75 bits per heavy atom. The van der Waals surface area contributed by atoms with Gasteiger partial charge in [0.2, 0.25) is 0 Å². The molecule has 4 N–H and O–H groups in total. The Bertz CT molecular complexity index is 874. The van der Waals surface area contributed by atoms with Crippen molar-refractivity contribution in [1.82, 2.24) is 4.57 Å². The van der Waals surface area contributed by atoms with Gasteiger partial charge < -0.3 is 20.5 Å². The number of aliphatic carboxylic acids is 1. The molecule has 3 aromatic rings. The van der Waals surface area contributed by atoms with Gasteiger partial charge in [-0.15, -0.1) is 0 Å². The topological polar surface area (TPSA) is 88.5 Å². The molecule has 0 saturated heterocycles. The lowest BCUT2D eigenvalue weighted by molar-refractivity contribution is -0.146. The minimum absolute atomic E-state index is 0.403. The van der Waals surface area contributed by atoms with Crippen LogP contribution in [0.4, 0.5) is 0 Å². The van der Waals surface area contributed by atoms with E-state index in [0.717, 1.165) is 6.54 Å². The number of hydrogen-bond acceptors (Lipinski definition) is 3.